The van der Waals surface area contributed by atoms with E-state index in [-0.39, 0.29) is 6.54 Å². The second-order valence-electron chi connectivity index (χ2n) is 5.48. The number of carbonyl (C=O) groups is 1. The average molecular weight is 334 g/mol. The molecule has 1 amide bonds. The van der Waals surface area contributed by atoms with Gasteiger partial charge in [0.2, 0.25) is 5.91 Å². The lowest BCUT2D eigenvalue weighted by Gasteiger charge is -2.20. The Kier molecular flexibility index (Phi) is 3.60. The summed E-state index contributed by atoms with van der Waals surface area (Å²) < 4.78 is 40.8. The van der Waals surface area contributed by atoms with Crippen LogP contribution in [-0.2, 0) is 14.8 Å². The molecule has 3 rings (SSSR count). The number of aryl methyl sites for hydroxylation is 1. The van der Waals surface area contributed by atoms with E-state index in [0.29, 0.717) is 16.8 Å². The van der Waals surface area contributed by atoms with Crippen molar-refractivity contribution < 1.29 is 17.6 Å². The van der Waals surface area contributed by atoms with Gasteiger partial charge in [-0.15, -0.1) is 0 Å². The number of nitrogens with zero attached hydrogens (tertiary/aromatic N) is 1. The van der Waals surface area contributed by atoms with Crippen molar-refractivity contribution in [2.75, 3.05) is 10.8 Å². The van der Waals surface area contributed by atoms with E-state index < -0.39 is 32.6 Å². The molecule has 2 aromatic carbocycles. The zero-order chi connectivity index (χ0) is 16.8. The normalized spacial score (nSPS) is 17.1. The molecule has 1 heterocycles. The minimum atomic E-state index is -4.12. The third-order valence-corrected chi connectivity index (χ3v) is 5.72. The quantitative estimate of drug-likeness (QED) is 0.931. The molecule has 0 spiro atoms. The number of halogens is 1. The van der Waals surface area contributed by atoms with E-state index in [4.69, 9.17) is 5.73 Å². The lowest BCUT2D eigenvalue weighted by atomic mass is 10.0. The number of primary amides is 1. The largest absolute Gasteiger partial charge is 0.369 e. The summed E-state index contributed by atoms with van der Waals surface area (Å²) in [5.41, 5.74) is 6.90. The van der Waals surface area contributed by atoms with Crippen molar-refractivity contribution in [1.82, 2.24) is 0 Å². The number of rotatable bonds is 3. The zero-order valence-corrected chi connectivity index (χ0v) is 13.2. The maximum absolute atomic E-state index is 14.1. The van der Waals surface area contributed by atoms with E-state index in [9.17, 15) is 17.6 Å². The van der Waals surface area contributed by atoms with Crippen LogP contribution in [0, 0.1) is 12.7 Å². The van der Waals surface area contributed by atoms with Gasteiger partial charge < -0.3 is 5.73 Å². The Balaban J connectivity index is 2.15. The van der Waals surface area contributed by atoms with E-state index in [2.05, 4.69) is 0 Å². The van der Waals surface area contributed by atoms with E-state index in [1.807, 2.05) is 0 Å². The van der Waals surface area contributed by atoms with Gasteiger partial charge in [-0.2, -0.15) is 0 Å². The summed E-state index contributed by atoms with van der Waals surface area (Å²) >= 11 is 0. The smallest absolute Gasteiger partial charge is 0.267 e. The number of nitrogens with two attached hydrogens (primary N) is 1. The first-order valence-electron chi connectivity index (χ1n) is 6.99. The SMILES string of the molecule is Cc1ccc(F)c(S(=O)(=O)N2C[C@H](C(N)=O)c3ccccc32)c1. The summed E-state index contributed by atoms with van der Waals surface area (Å²) in [6.07, 6.45) is 0. The topological polar surface area (TPSA) is 80.5 Å². The molecule has 0 aliphatic carbocycles. The van der Waals surface area contributed by atoms with Crippen LogP contribution in [0.5, 0.6) is 0 Å². The van der Waals surface area contributed by atoms with Crippen LogP contribution in [0.25, 0.3) is 0 Å². The number of benzene rings is 2. The molecule has 2 N–H and O–H groups in total. The van der Waals surface area contributed by atoms with Gasteiger partial charge in [0, 0.05) is 0 Å². The Morgan fingerprint density at radius 3 is 2.65 bits per heavy atom. The van der Waals surface area contributed by atoms with Crippen LogP contribution in [0.4, 0.5) is 10.1 Å². The van der Waals surface area contributed by atoms with Crippen molar-refractivity contribution in [2.45, 2.75) is 17.7 Å². The Morgan fingerprint density at radius 2 is 1.96 bits per heavy atom. The molecule has 0 unspecified atom stereocenters. The second-order valence-corrected chi connectivity index (χ2v) is 7.31. The van der Waals surface area contributed by atoms with Gasteiger partial charge in [-0.1, -0.05) is 24.3 Å². The van der Waals surface area contributed by atoms with Gasteiger partial charge >= 0.3 is 0 Å². The molecule has 0 fully saturated rings. The molecule has 2 aromatic rings. The van der Waals surface area contributed by atoms with E-state index in [1.165, 1.54) is 12.1 Å². The Morgan fingerprint density at radius 1 is 1.26 bits per heavy atom. The summed E-state index contributed by atoms with van der Waals surface area (Å²) in [5, 5.41) is 0. The van der Waals surface area contributed by atoms with Gasteiger partial charge in [-0.25, -0.2) is 12.8 Å². The number of fused-ring (bicyclic) bond motifs is 1. The van der Waals surface area contributed by atoms with Crippen molar-refractivity contribution in [3.8, 4) is 0 Å². The Hall–Kier alpha value is -2.41. The fourth-order valence-corrected chi connectivity index (χ4v) is 4.43. The summed E-state index contributed by atoms with van der Waals surface area (Å²) in [6, 6.07) is 10.5. The zero-order valence-electron chi connectivity index (χ0n) is 12.4. The van der Waals surface area contributed by atoms with Gasteiger partial charge in [0.1, 0.15) is 10.7 Å². The van der Waals surface area contributed by atoms with Crippen LogP contribution in [0.1, 0.15) is 17.0 Å². The molecule has 0 aromatic heterocycles. The minimum Gasteiger partial charge on any atom is -0.369 e. The third kappa shape index (κ3) is 2.46. The predicted molar refractivity (Wildman–Crippen MR) is 84.0 cm³/mol. The predicted octanol–water partition coefficient (Wildman–Crippen LogP) is 1.91. The first kappa shape index (κ1) is 15.5. The summed E-state index contributed by atoms with van der Waals surface area (Å²) in [4.78, 5) is 11.2. The number of sulfonamides is 1. The fraction of sp³-hybridized carbons (Fsp3) is 0.188. The number of hydrogen-bond donors (Lipinski definition) is 1. The van der Waals surface area contributed by atoms with Gasteiger partial charge in [-0.3, -0.25) is 9.10 Å². The van der Waals surface area contributed by atoms with Crippen molar-refractivity contribution in [2.24, 2.45) is 5.73 Å². The number of para-hydroxylation sites is 1. The summed E-state index contributed by atoms with van der Waals surface area (Å²) in [7, 11) is -4.12. The number of anilines is 1. The number of carbonyl (C=O) groups excluding carboxylic acids is 1. The van der Waals surface area contributed by atoms with E-state index >= 15 is 0 Å². The van der Waals surface area contributed by atoms with Gasteiger partial charge in [0.15, 0.2) is 0 Å². The highest BCUT2D eigenvalue weighted by Gasteiger charge is 2.39. The van der Waals surface area contributed by atoms with Crippen molar-refractivity contribution in [3.05, 3.63) is 59.4 Å². The van der Waals surface area contributed by atoms with Gasteiger partial charge in [0.05, 0.1) is 18.2 Å². The Bertz CT molecular complexity index is 896. The number of amides is 1. The third-order valence-electron chi connectivity index (χ3n) is 3.93. The second kappa shape index (κ2) is 5.34. The first-order valence-corrected chi connectivity index (χ1v) is 8.43. The lowest BCUT2D eigenvalue weighted by molar-refractivity contribution is -0.119. The fourth-order valence-electron chi connectivity index (χ4n) is 2.77. The van der Waals surface area contributed by atoms with Crippen LogP contribution in [0.15, 0.2) is 47.4 Å². The standard InChI is InChI=1S/C16H15FN2O3S/c1-10-6-7-13(17)15(8-10)23(21,22)19-9-12(16(18)20)11-4-2-3-5-14(11)19/h2-8,12H,9H2,1H3,(H2,18,20)/t12-/m0/s1. The van der Waals surface area contributed by atoms with Crippen LogP contribution in [-0.4, -0.2) is 20.9 Å². The maximum Gasteiger partial charge on any atom is 0.267 e. The highest BCUT2D eigenvalue weighted by Crippen LogP contribution is 2.39. The van der Waals surface area contributed by atoms with Crippen LogP contribution >= 0.6 is 0 Å². The molecule has 1 atom stereocenters. The monoisotopic (exact) mass is 334 g/mol. The first-order chi connectivity index (χ1) is 10.8. The highest BCUT2D eigenvalue weighted by molar-refractivity contribution is 7.92. The van der Waals surface area contributed by atoms with Crippen molar-refractivity contribution >= 4 is 21.6 Å². The van der Waals surface area contributed by atoms with Crippen molar-refractivity contribution in [1.29, 1.82) is 0 Å². The molecule has 120 valence electrons. The molecule has 23 heavy (non-hydrogen) atoms. The molecule has 1 aliphatic rings. The molecule has 1 aliphatic heterocycles. The van der Waals surface area contributed by atoms with E-state index in [1.54, 1.807) is 31.2 Å². The summed E-state index contributed by atoms with van der Waals surface area (Å²) in [6.45, 7) is 1.56. The maximum atomic E-state index is 14.1. The average Bonchev–Trinajstić information content (AvgIpc) is 2.90. The Labute approximate surface area is 133 Å². The van der Waals surface area contributed by atoms with Crippen molar-refractivity contribution in [3.63, 3.8) is 0 Å². The van der Waals surface area contributed by atoms with Crippen LogP contribution < -0.4 is 10.0 Å². The van der Waals surface area contributed by atoms with Crippen LogP contribution in [0.2, 0.25) is 0 Å². The van der Waals surface area contributed by atoms with Gasteiger partial charge in [-0.05, 0) is 36.2 Å². The molecular weight excluding hydrogens is 319 g/mol. The highest BCUT2D eigenvalue weighted by atomic mass is 32.2. The molecule has 0 radical (unpaired) electrons. The molecule has 0 saturated heterocycles. The molecule has 5 nitrogen and oxygen atoms in total. The summed E-state index contributed by atoms with van der Waals surface area (Å²) in [5.74, 6) is -2.18. The minimum absolute atomic E-state index is 0.121. The van der Waals surface area contributed by atoms with Crippen LogP contribution in [0.3, 0.4) is 0 Å². The molecule has 7 heteroatoms. The number of hydrogen-bond acceptors (Lipinski definition) is 3. The molecule has 0 bridgehead atoms. The molecule has 0 saturated carbocycles. The lowest BCUT2D eigenvalue weighted by Crippen LogP contribution is -2.33. The molecular formula is C16H15FN2O3S. The van der Waals surface area contributed by atoms with Gasteiger partial charge in [0.25, 0.3) is 10.0 Å². The van der Waals surface area contributed by atoms with E-state index in [0.717, 1.165) is 10.4 Å².